The maximum Gasteiger partial charge on any atom is 3.00 e. The van der Waals surface area contributed by atoms with Crippen LogP contribution in [0.15, 0.2) is 0 Å². The molecule has 0 aromatic carbocycles. The van der Waals surface area contributed by atoms with E-state index in [9.17, 15) is 55.0 Å². The smallest absolute Gasteiger partial charge is 0.549 e. The zero-order valence-corrected chi connectivity index (χ0v) is 15.2. The predicted molar refractivity (Wildman–Crippen MR) is 64.3 cm³/mol. The Morgan fingerprint density at radius 1 is 0.560 bits per heavy atom. The number of rotatable bonds is 6. The molecule has 19 heteroatoms. The van der Waals surface area contributed by atoms with Gasteiger partial charge in [-0.15, -0.1) is 0 Å². The summed E-state index contributed by atoms with van der Waals surface area (Å²) in [7, 11) is -13.2. The second-order valence-electron chi connectivity index (χ2n) is 3.29. The van der Waals surface area contributed by atoms with Gasteiger partial charge in [-0.25, -0.2) is 0 Å². The Hall–Kier alpha value is -1.33. The molecule has 3 N–H and O–H groups in total. The van der Waals surface area contributed by atoms with Crippen molar-refractivity contribution in [3.8, 4) is 0 Å². The van der Waals surface area contributed by atoms with Crippen molar-refractivity contribution in [1.82, 2.24) is 0 Å². The fourth-order valence-corrected chi connectivity index (χ4v) is 1.34. The molecule has 0 heterocycles. The summed E-state index contributed by atoms with van der Waals surface area (Å²) in [6.07, 6.45) is 0. The molecule has 0 atom stereocenters. The van der Waals surface area contributed by atoms with Gasteiger partial charge in [0.2, 0.25) is 0 Å². The Labute approximate surface area is 151 Å². The first-order valence-corrected chi connectivity index (χ1v) is 9.53. The van der Waals surface area contributed by atoms with Crippen LogP contribution in [0.5, 0.6) is 0 Å². The summed E-state index contributed by atoms with van der Waals surface area (Å²) in [6.45, 7) is 0. The zero-order valence-electron chi connectivity index (χ0n) is 11.5. The van der Waals surface area contributed by atoms with E-state index in [1.54, 1.807) is 0 Å². The van der Waals surface area contributed by atoms with E-state index in [2.05, 4.69) is 0 Å². The number of carbonyl (C=O) groups excluding carboxylic acids is 3. The molecule has 0 fully saturated rings. The SMILES string of the molecule is O=C([O-])CS(=O)(=O)O.O=C([O-])CS(=O)(=O)O.O=C([O-])CS(=O)(=O)O.[Cr+3]. The molecule has 0 aliphatic heterocycles. The first kappa shape index (κ1) is 31.4. The van der Waals surface area contributed by atoms with E-state index < -0.39 is 65.5 Å². The van der Waals surface area contributed by atoms with E-state index in [4.69, 9.17) is 13.7 Å². The molecule has 0 spiro atoms. The fraction of sp³-hybridized carbons (Fsp3) is 0.500. The van der Waals surface area contributed by atoms with Crippen molar-refractivity contribution < 1.29 is 86.0 Å². The van der Waals surface area contributed by atoms with Crippen LogP contribution in [-0.2, 0) is 62.1 Å². The summed E-state index contributed by atoms with van der Waals surface area (Å²) < 4.78 is 80.7. The predicted octanol–water partition coefficient (Wildman–Crippen LogP) is -7.13. The van der Waals surface area contributed by atoms with Crippen molar-refractivity contribution in [3.05, 3.63) is 0 Å². The van der Waals surface area contributed by atoms with E-state index in [0.29, 0.717) is 0 Å². The molecule has 1 radical (unpaired) electrons. The largest absolute Gasteiger partial charge is 3.00 e. The summed E-state index contributed by atoms with van der Waals surface area (Å²) in [4.78, 5) is 28.1. The molecule has 0 amide bonds. The van der Waals surface area contributed by atoms with Crippen molar-refractivity contribution >= 4 is 48.3 Å². The fourth-order valence-electron chi connectivity index (χ4n) is 0.447. The molecule has 0 aromatic rings. The van der Waals surface area contributed by atoms with Crippen LogP contribution in [0.3, 0.4) is 0 Å². The molecule has 0 aliphatic carbocycles. The van der Waals surface area contributed by atoms with Gasteiger partial charge in [-0.05, 0) is 0 Å². The van der Waals surface area contributed by atoms with Crippen molar-refractivity contribution in [3.63, 3.8) is 0 Å². The minimum Gasteiger partial charge on any atom is -0.549 e. The number of hydrogen-bond acceptors (Lipinski definition) is 12. The van der Waals surface area contributed by atoms with Crippen LogP contribution >= 0.6 is 0 Å². The van der Waals surface area contributed by atoms with Gasteiger partial charge in [0.15, 0.2) is 0 Å². The van der Waals surface area contributed by atoms with Crippen molar-refractivity contribution in [2.75, 3.05) is 17.3 Å². The third kappa shape index (κ3) is 51.8. The minimum atomic E-state index is -4.39. The molecule has 0 aliphatic rings. The Morgan fingerprint density at radius 3 is 0.680 bits per heavy atom. The van der Waals surface area contributed by atoms with Crippen molar-refractivity contribution in [2.45, 2.75) is 0 Å². The van der Waals surface area contributed by atoms with Gasteiger partial charge in [-0.3, -0.25) is 13.7 Å². The van der Waals surface area contributed by atoms with Crippen LogP contribution < -0.4 is 15.3 Å². The maximum atomic E-state index is 9.58. The van der Waals surface area contributed by atoms with Crippen LogP contribution in [-0.4, -0.2) is 74.1 Å². The Bertz CT molecular complexity index is 640. The molecular weight excluding hydrogens is 460 g/mol. The van der Waals surface area contributed by atoms with E-state index in [0.717, 1.165) is 0 Å². The second-order valence-corrected chi connectivity index (χ2v) is 7.65. The molecule has 0 rings (SSSR count). The van der Waals surface area contributed by atoms with Gasteiger partial charge in [-0.1, -0.05) is 0 Å². The van der Waals surface area contributed by atoms with Crippen LogP contribution in [0.4, 0.5) is 0 Å². The molecule has 25 heavy (non-hydrogen) atoms. The molecule has 0 bridgehead atoms. The van der Waals surface area contributed by atoms with Crippen molar-refractivity contribution in [2.24, 2.45) is 0 Å². The summed E-state index contributed by atoms with van der Waals surface area (Å²) in [6, 6.07) is 0. The van der Waals surface area contributed by atoms with Gasteiger partial charge < -0.3 is 29.7 Å². The molecule has 0 saturated heterocycles. The van der Waals surface area contributed by atoms with Gasteiger partial charge in [0.1, 0.15) is 17.3 Å². The van der Waals surface area contributed by atoms with E-state index >= 15 is 0 Å². The van der Waals surface area contributed by atoms with E-state index in [-0.39, 0.29) is 17.4 Å². The Kier molecular flexibility index (Phi) is 16.3. The molecule has 0 saturated carbocycles. The van der Waals surface area contributed by atoms with Crippen LogP contribution in [0.1, 0.15) is 0 Å². The van der Waals surface area contributed by atoms with Crippen LogP contribution in [0.2, 0.25) is 0 Å². The molecular formula is C6H9CrO15S3. The zero-order chi connectivity index (χ0) is 20.4. The van der Waals surface area contributed by atoms with E-state index in [1.807, 2.05) is 0 Å². The average molecular weight is 469 g/mol. The monoisotopic (exact) mass is 469 g/mol. The third-order valence-electron chi connectivity index (χ3n) is 0.901. The normalized spacial score (nSPS) is 10.7. The Balaban J connectivity index is -0.000000130. The first-order valence-electron chi connectivity index (χ1n) is 4.70. The number of hydrogen-bond donors (Lipinski definition) is 3. The number of aliphatic carboxylic acids is 3. The van der Waals surface area contributed by atoms with Crippen LogP contribution in [0, 0.1) is 0 Å². The number of carbonyl (C=O) groups is 3. The number of carboxylic acid groups (broad SMARTS) is 3. The van der Waals surface area contributed by atoms with Crippen LogP contribution in [0.25, 0.3) is 0 Å². The van der Waals surface area contributed by atoms with Crippen molar-refractivity contribution in [1.29, 1.82) is 0 Å². The summed E-state index contributed by atoms with van der Waals surface area (Å²) in [5.41, 5.74) is 0. The second kappa shape index (κ2) is 13.0. The van der Waals surface area contributed by atoms with E-state index in [1.165, 1.54) is 0 Å². The number of carboxylic acids is 3. The molecule has 15 nitrogen and oxygen atoms in total. The van der Waals surface area contributed by atoms with Gasteiger partial charge in [0.05, 0.1) is 17.9 Å². The van der Waals surface area contributed by atoms with Gasteiger partial charge in [-0.2, -0.15) is 25.3 Å². The third-order valence-corrected chi connectivity index (χ3v) is 2.70. The topological polar surface area (TPSA) is 284 Å². The minimum absolute atomic E-state index is 0. The first-order chi connectivity index (χ1) is 10.2. The molecule has 0 aromatic heterocycles. The standard InChI is InChI=1S/3C2H4O5S.Cr/c3*3-2(4)1-8(5,6)7;/h3*1H2,(H,3,4)(H,5,6,7);/q;;;+3/p-3. The maximum absolute atomic E-state index is 9.58. The Morgan fingerprint density at radius 2 is 0.680 bits per heavy atom. The van der Waals surface area contributed by atoms with Gasteiger partial charge in [0, 0.05) is 0 Å². The summed E-state index contributed by atoms with van der Waals surface area (Å²) in [5.74, 6) is -9.46. The van der Waals surface area contributed by atoms with Gasteiger partial charge in [0.25, 0.3) is 30.4 Å². The average Bonchev–Trinajstić information content (AvgIpc) is 2.04. The summed E-state index contributed by atoms with van der Waals surface area (Å²) >= 11 is 0. The molecule has 147 valence electrons. The molecule has 0 unspecified atom stereocenters. The quantitative estimate of drug-likeness (QED) is 0.304. The van der Waals surface area contributed by atoms with Gasteiger partial charge >= 0.3 is 17.4 Å². The summed E-state index contributed by atoms with van der Waals surface area (Å²) in [5, 5.41) is 28.1.